The Bertz CT molecular complexity index is 504. The van der Waals surface area contributed by atoms with Gasteiger partial charge < -0.3 is 10.6 Å². The maximum absolute atomic E-state index is 12.4. The van der Waals surface area contributed by atoms with Crippen LogP contribution in [-0.4, -0.2) is 18.5 Å². The van der Waals surface area contributed by atoms with Crippen LogP contribution in [-0.2, 0) is 17.6 Å². The van der Waals surface area contributed by atoms with Gasteiger partial charge in [0.05, 0.1) is 6.54 Å². The predicted octanol–water partition coefficient (Wildman–Crippen LogP) is 4.16. The third-order valence-electron chi connectivity index (χ3n) is 5.49. The topological polar surface area (TPSA) is 41.1 Å². The van der Waals surface area contributed by atoms with Gasteiger partial charge in [-0.2, -0.15) is 0 Å². The molecule has 23 heavy (non-hydrogen) atoms. The van der Waals surface area contributed by atoms with E-state index in [1.54, 1.807) is 0 Å². The molecule has 1 amide bonds. The first kappa shape index (κ1) is 18.0. The minimum absolute atomic E-state index is 0.0750. The Morgan fingerprint density at radius 3 is 2.39 bits per heavy atom. The standard InChI is InChI=1S/C20H32N2O/c1-5-16-10-8-11-17(6-2)20(16)22-19(23)13-21-18-12-7-9-14(3)15(18)4/h8,10-11,14-15,18,21H,5-7,9,12-13H2,1-4H3,(H,22,23)/t14-,15-,18+/m0/s1. The normalized spacial score (nSPS) is 24.4. The molecule has 0 saturated heterocycles. The van der Waals surface area contributed by atoms with Crippen molar-refractivity contribution in [2.24, 2.45) is 11.8 Å². The SMILES string of the molecule is CCc1cccc(CC)c1NC(=O)CN[C@@H]1CCC[C@H](C)[C@@H]1C. The van der Waals surface area contributed by atoms with Crippen LogP contribution >= 0.6 is 0 Å². The third kappa shape index (κ3) is 4.57. The Kier molecular flexibility index (Phi) is 6.64. The molecule has 0 unspecified atom stereocenters. The number of anilines is 1. The highest BCUT2D eigenvalue weighted by Crippen LogP contribution is 2.29. The zero-order chi connectivity index (χ0) is 16.8. The van der Waals surface area contributed by atoms with Crippen molar-refractivity contribution >= 4 is 11.6 Å². The molecule has 1 aliphatic rings. The minimum Gasteiger partial charge on any atom is -0.324 e. The Balaban J connectivity index is 1.95. The second-order valence-corrected chi connectivity index (χ2v) is 6.96. The zero-order valence-corrected chi connectivity index (χ0v) is 15.1. The average molecular weight is 316 g/mol. The smallest absolute Gasteiger partial charge is 0.238 e. The van der Waals surface area contributed by atoms with Crippen LogP contribution in [0.1, 0.15) is 58.1 Å². The van der Waals surface area contributed by atoms with Crippen molar-refractivity contribution in [1.29, 1.82) is 0 Å². The van der Waals surface area contributed by atoms with Crippen LogP contribution < -0.4 is 10.6 Å². The fraction of sp³-hybridized carbons (Fsp3) is 0.650. The highest BCUT2D eigenvalue weighted by atomic mass is 16.1. The van der Waals surface area contributed by atoms with Crippen LogP contribution in [0.3, 0.4) is 0 Å². The summed E-state index contributed by atoms with van der Waals surface area (Å²) in [6, 6.07) is 6.76. The van der Waals surface area contributed by atoms with E-state index in [0.717, 1.165) is 24.4 Å². The highest BCUT2D eigenvalue weighted by Gasteiger charge is 2.27. The summed E-state index contributed by atoms with van der Waals surface area (Å²) < 4.78 is 0. The Labute approximate surface area is 141 Å². The van der Waals surface area contributed by atoms with Gasteiger partial charge in [-0.3, -0.25) is 4.79 Å². The monoisotopic (exact) mass is 316 g/mol. The van der Waals surface area contributed by atoms with E-state index in [-0.39, 0.29) is 5.91 Å². The molecular formula is C20H32N2O. The van der Waals surface area contributed by atoms with Crippen molar-refractivity contribution in [2.75, 3.05) is 11.9 Å². The van der Waals surface area contributed by atoms with Crippen LogP contribution in [0.4, 0.5) is 5.69 Å². The molecule has 2 N–H and O–H groups in total. The quantitative estimate of drug-likeness (QED) is 0.827. The molecule has 3 nitrogen and oxygen atoms in total. The van der Waals surface area contributed by atoms with Gasteiger partial charge in [0.15, 0.2) is 0 Å². The first-order chi connectivity index (χ1) is 11.1. The summed E-state index contributed by atoms with van der Waals surface area (Å²) in [7, 11) is 0. The van der Waals surface area contributed by atoms with Crippen LogP contribution in [0, 0.1) is 11.8 Å². The number of rotatable bonds is 6. The van der Waals surface area contributed by atoms with Gasteiger partial charge in [0, 0.05) is 11.7 Å². The zero-order valence-electron chi connectivity index (χ0n) is 15.1. The molecule has 0 radical (unpaired) electrons. The maximum atomic E-state index is 12.4. The Morgan fingerprint density at radius 2 is 1.78 bits per heavy atom. The number of carbonyl (C=O) groups excluding carboxylic acids is 1. The van der Waals surface area contributed by atoms with Gasteiger partial charge >= 0.3 is 0 Å². The van der Waals surface area contributed by atoms with Gasteiger partial charge in [-0.1, -0.05) is 58.7 Å². The summed E-state index contributed by atoms with van der Waals surface area (Å²) >= 11 is 0. The molecular weight excluding hydrogens is 284 g/mol. The lowest BCUT2D eigenvalue weighted by Crippen LogP contribution is -2.43. The average Bonchev–Trinajstić information content (AvgIpc) is 2.56. The number of benzene rings is 1. The van der Waals surface area contributed by atoms with Crippen LogP contribution in [0.15, 0.2) is 18.2 Å². The van der Waals surface area contributed by atoms with Gasteiger partial charge in [-0.25, -0.2) is 0 Å². The van der Waals surface area contributed by atoms with E-state index in [0.29, 0.717) is 18.5 Å². The molecule has 1 aromatic rings. The molecule has 0 aromatic heterocycles. The second-order valence-electron chi connectivity index (χ2n) is 6.96. The molecule has 2 rings (SSSR count). The molecule has 0 spiro atoms. The number of carbonyl (C=O) groups is 1. The third-order valence-corrected chi connectivity index (χ3v) is 5.49. The molecule has 1 aromatic carbocycles. The number of nitrogens with one attached hydrogen (secondary N) is 2. The van der Waals surface area contributed by atoms with Crippen molar-refractivity contribution in [2.45, 2.75) is 65.8 Å². The molecule has 128 valence electrons. The van der Waals surface area contributed by atoms with E-state index in [1.807, 2.05) is 0 Å². The minimum atomic E-state index is 0.0750. The number of aryl methyl sites for hydroxylation is 2. The van der Waals surface area contributed by atoms with Crippen molar-refractivity contribution in [1.82, 2.24) is 5.32 Å². The van der Waals surface area contributed by atoms with E-state index in [2.05, 4.69) is 56.5 Å². The van der Waals surface area contributed by atoms with E-state index in [1.165, 1.54) is 30.4 Å². The van der Waals surface area contributed by atoms with Crippen LogP contribution in [0.25, 0.3) is 0 Å². The lowest BCUT2D eigenvalue weighted by Gasteiger charge is -2.34. The molecule has 3 atom stereocenters. The van der Waals surface area contributed by atoms with Crippen molar-refractivity contribution in [3.63, 3.8) is 0 Å². The van der Waals surface area contributed by atoms with Gasteiger partial charge in [0.1, 0.15) is 0 Å². The molecule has 1 saturated carbocycles. The summed E-state index contributed by atoms with van der Waals surface area (Å²) in [5.41, 5.74) is 3.46. The number of hydrogen-bond donors (Lipinski definition) is 2. The fourth-order valence-corrected chi connectivity index (χ4v) is 3.68. The van der Waals surface area contributed by atoms with Gasteiger partial charge in [0.25, 0.3) is 0 Å². The predicted molar refractivity (Wildman–Crippen MR) is 97.8 cm³/mol. The lowest BCUT2D eigenvalue weighted by molar-refractivity contribution is -0.115. The molecule has 0 heterocycles. The van der Waals surface area contributed by atoms with E-state index in [4.69, 9.17) is 0 Å². The summed E-state index contributed by atoms with van der Waals surface area (Å²) in [5.74, 6) is 1.47. The van der Waals surface area contributed by atoms with Crippen molar-refractivity contribution in [3.05, 3.63) is 29.3 Å². The van der Waals surface area contributed by atoms with Gasteiger partial charge in [0.2, 0.25) is 5.91 Å². The molecule has 1 aliphatic carbocycles. The largest absolute Gasteiger partial charge is 0.324 e. The summed E-state index contributed by atoms with van der Waals surface area (Å²) in [6.45, 7) is 9.30. The summed E-state index contributed by atoms with van der Waals surface area (Å²) in [6.07, 6.45) is 5.64. The Hall–Kier alpha value is -1.35. The van der Waals surface area contributed by atoms with E-state index >= 15 is 0 Å². The lowest BCUT2D eigenvalue weighted by atomic mass is 9.78. The first-order valence-electron chi connectivity index (χ1n) is 9.20. The molecule has 0 bridgehead atoms. The second kappa shape index (κ2) is 8.49. The number of amides is 1. The van der Waals surface area contributed by atoms with Crippen LogP contribution in [0.2, 0.25) is 0 Å². The Morgan fingerprint density at radius 1 is 1.13 bits per heavy atom. The van der Waals surface area contributed by atoms with Gasteiger partial charge in [-0.15, -0.1) is 0 Å². The van der Waals surface area contributed by atoms with Crippen LogP contribution in [0.5, 0.6) is 0 Å². The van der Waals surface area contributed by atoms with Crippen molar-refractivity contribution < 1.29 is 4.79 Å². The summed E-state index contributed by atoms with van der Waals surface area (Å²) in [5, 5.41) is 6.63. The van der Waals surface area contributed by atoms with Crippen molar-refractivity contribution in [3.8, 4) is 0 Å². The summed E-state index contributed by atoms with van der Waals surface area (Å²) in [4.78, 5) is 12.4. The maximum Gasteiger partial charge on any atom is 0.238 e. The number of hydrogen-bond acceptors (Lipinski definition) is 2. The molecule has 3 heteroatoms. The number of para-hydroxylation sites is 1. The van der Waals surface area contributed by atoms with E-state index in [9.17, 15) is 4.79 Å². The van der Waals surface area contributed by atoms with Gasteiger partial charge in [-0.05, 0) is 42.2 Å². The first-order valence-corrected chi connectivity index (χ1v) is 9.20. The fourth-order valence-electron chi connectivity index (χ4n) is 3.68. The molecule has 0 aliphatic heterocycles. The van der Waals surface area contributed by atoms with E-state index < -0.39 is 0 Å². The molecule has 1 fully saturated rings. The highest BCUT2D eigenvalue weighted by molar-refractivity contribution is 5.93.